The lowest BCUT2D eigenvalue weighted by Gasteiger charge is -2.35. The summed E-state index contributed by atoms with van der Waals surface area (Å²) in [6, 6.07) is 29.2. The molecule has 6 rings (SSSR count). The van der Waals surface area contributed by atoms with Crippen molar-refractivity contribution in [2.75, 3.05) is 0 Å². The molecule has 4 aromatic heterocycles. The van der Waals surface area contributed by atoms with E-state index < -0.39 is 8.07 Å². The maximum atomic E-state index is 4.84. The van der Waals surface area contributed by atoms with Crippen LogP contribution in [0.15, 0.2) is 135 Å². The number of nitrogens with zero attached hydrogens (tertiary/aromatic N) is 6. The van der Waals surface area contributed by atoms with Crippen molar-refractivity contribution < 1.29 is 0 Å². The second-order valence-corrected chi connectivity index (χ2v) is 12.3. The topological polar surface area (TPSA) is 77.3 Å². The Hall–Kier alpha value is -4.88. The average molecular weight is 495 g/mol. The Balaban J connectivity index is 1.80. The van der Waals surface area contributed by atoms with E-state index in [0.29, 0.717) is 0 Å². The molecule has 0 spiro atoms. The second kappa shape index (κ2) is 10.0. The van der Waals surface area contributed by atoms with Gasteiger partial charge < -0.3 is 0 Å². The molecule has 0 atom stereocenters. The quantitative estimate of drug-likeness (QED) is 0.332. The molecule has 0 aliphatic carbocycles. The van der Waals surface area contributed by atoms with Gasteiger partial charge in [0.05, 0.1) is 11.4 Å². The van der Waals surface area contributed by atoms with Gasteiger partial charge in [-0.05, 0) is 45.0 Å². The fourth-order valence-electron chi connectivity index (χ4n) is 5.00. The smallest absolute Gasteiger partial charge is 0.188 e. The molecule has 0 aliphatic rings. The monoisotopic (exact) mass is 494 g/mol. The van der Waals surface area contributed by atoms with Gasteiger partial charge >= 0.3 is 0 Å². The predicted molar refractivity (Wildman–Crippen MR) is 148 cm³/mol. The highest BCUT2D eigenvalue weighted by Crippen LogP contribution is 2.22. The van der Waals surface area contributed by atoms with Crippen LogP contribution in [0.5, 0.6) is 0 Å². The molecule has 0 saturated heterocycles. The third kappa shape index (κ3) is 4.01. The molecule has 0 aliphatic heterocycles. The Morgan fingerprint density at radius 2 is 0.838 bits per heavy atom. The van der Waals surface area contributed by atoms with Gasteiger partial charge in [0.1, 0.15) is 12.7 Å². The number of hydrogen-bond donors (Lipinski definition) is 0. The van der Waals surface area contributed by atoms with Crippen LogP contribution in [-0.2, 0) is 0 Å². The van der Waals surface area contributed by atoms with Gasteiger partial charge in [-0.1, -0.05) is 60.7 Å². The molecule has 0 N–H and O–H groups in total. The van der Waals surface area contributed by atoms with Gasteiger partial charge in [0.15, 0.2) is 8.07 Å². The van der Waals surface area contributed by atoms with Gasteiger partial charge in [-0.2, -0.15) is 0 Å². The molecular weight excluding hydrogens is 472 g/mol. The first-order valence-electron chi connectivity index (χ1n) is 11.9. The van der Waals surface area contributed by atoms with Crippen LogP contribution < -0.4 is 20.7 Å². The van der Waals surface area contributed by atoms with Crippen LogP contribution in [0.2, 0.25) is 0 Å². The minimum atomic E-state index is -3.05. The SMILES string of the molecule is c1ccc([Si](c2ccccc2)(c2cncnc2-c2ccncc2)c2cncnc2-c2ccncc2)cc1. The van der Waals surface area contributed by atoms with Gasteiger partial charge in [0.2, 0.25) is 0 Å². The fraction of sp³-hybridized carbons (Fsp3) is 0. The Labute approximate surface area is 215 Å². The highest BCUT2D eigenvalue weighted by atomic mass is 28.3. The molecule has 0 unspecified atom stereocenters. The van der Waals surface area contributed by atoms with Crippen LogP contribution >= 0.6 is 0 Å². The summed E-state index contributed by atoms with van der Waals surface area (Å²) in [5.74, 6) is 0. The van der Waals surface area contributed by atoms with Crippen LogP contribution in [0.4, 0.5) is 0 Å². The largest absolute Gasteiger partial charge is 0.265 e. The molecule has 6 nitrogen and oxygen atoms in total. The minimum absolute atomic E-state index is 0.876. The maximum absolute atomic E-state index is 4.84. The van der Waals surface area contributed by atoms with Crippen molar-refractivity contribution >= 4 is 28.8 Å². The molecule has 176 valence electrons. The number of aromatic nitrogens is 6. The third-order valence-corrected chi connectivity index (χ3v) is 11.3. The normalized spacial score (nSPS) is 11.2. The van der Waals surface area contributed by atoms with Gasteiger partial charge in [0, 0.05) is 48.3 Å². The molecule has 37 heavy (non-hydrogen) atoms. The number of pyridine rings is 2. The van der Waals surface area contributed by atoms with E-state index in [-0.39, 0.29) is 0 Å². The molecule has 0 radical (unpaired) electrons. The van der Waals surface area contributed by atoms with E-state index in [0.717, 1.165) is 32.9 Å². The first-order chi connectivity index (χ1) is 18.4. The van der Waals surface area contributed by atoms with Crippen molar-refractivity contribution in [2.45, 2.75) is 0 Å². The van der Waals surface area contributed by atoms with E-state index in [2.05, 4.69) is 68.5 Å². The molecule has 0 bridgehead atoms. The molecule has 2 aromatic carbocycles. The second-order valence-electron chi connectivity index (χ2n) is 8.52. The first kappa shape index (κ1) is 22.6. The number of benzene rings is 2. The molecule has 0 saturated carbocycles. The maximum Gasteiger partial charge on any atom is 0.188 e. The van der Waals surface area contributed by atoms with Crippen LogP contribution in [-0.4, -0.2) is 38.0 Å². The summed E-state index contributed by atoms with van der Waals surface area (Å²) in [4.78, 5) is 27.3. The van der Waals surface area contributed by atoms with Gasteiger partial charge in [-0.15, -0.1) is 0 Å². The predicted octanol–water partition coefficient (Wildman–Crippen LogP) is 2.77. The summed E-state index contributed by atoms with van der Waals surface area (Å²) in [5, 5.41) is 4.50. The van der Waals surface area contributed by atoms with E-state index in [9.17, 15) is 0 Å². The Kier molecular flexibility index (Phi) is 6.10. The van der Waals surface area contributed by atoms with Crippen molar-refractivity contribution in [1.82, 2.24) is 29.9 Å². The Bertz CT molecular complexity index is 1490. The standard InChI is InChI=1S/C30H22N6Si/c1-3-7-25(8-4-1)37(26-9-5-2-6-10-26,27-19-33-21-35-29(27)23-11-15-31-16-12-23)28-20-34-22-36-30(28)24-13-17-32-18-14-24/h1-22H. The highest BCUT2D eigenvalue weighted by Gasteiger charge is 2.46. The van der Waals surface area contributed by atoms with E-state index in [1.54, 1.807) is 37.4 Å². The molecule has 4 heterocycles. The average Bonchev–Trinajstić information content (AvgIpc) is 3.00. The van der Waals surface area contributed by atoms with Crippen molar-refractivity contribution in [2.24, 2.45) is 0 Å². The van der Waals surface area contributed by atoms with Crippen LogP contribution in [0.25, 0.3) is 22.5 Å². The van der Waals surface area contributed by atoms with Crippen LogP contribution in [0, 0.1) is 0 Å². The zero-order valence-electron chi connectivity index (χ0n) is 19.9. The lowest BCUT2D eigenvalue weighted by molar-refractivity contribution is 1.17. The summed E-state index contributed by atoms with van der Waals surface area (Å²) < 4.78 is 0. The lowest BCUT2D eigenvalue weighted by Crippen LogP contribution is -2.75. The van der Waals surface area contributed by atoms with Crippen LogP contribution in [0.1, 0.15) is 0 Å². The summed E-state index contributed by atoms with van der Waals surface area (Å²) in [6.07, 6.45) is 14.3. The Morgan fingerprint density at radius 3 is 1.24 bits per heavy atom. The van der Waals surface area contributed by atoms with Gasteiger partial charge in [-0.25, -0.2) is 19.9 Å². The first-order valence-corrected chi connectivity index (χ1v) is 13.9. The molecule has 7 heteroatoms. The number of hydrogen-bond acceptors (Lipinski definition) is 6. The molecule has 6 aromatic rings. The molecule has 0 amide bonds. The van der Waals surface area contributed by atoms with Crippen molar-refractivity contribution in [3.63, 3.8) is 0 Å². The third-order valence-electron chi connectivity index (χ3n) is 6.55. The van der Waals surface area contributed by atoms with E-state index in [1.165, 1.54) is 10.4 Å². The zero-order chi connectivity index (χ0) is 24.9. The van der Waals surface area contributed by atoms with E-state index in [1.807, 2.05) is 48.8 Å². The highest BCUT2D eigenvalue weighted by molar-refractivity contribution is 7.20. The van der Waals surface area contributed by atoms with Crippen molar-refractivity contribution in [3.8, 4) is 22.5 Å². The summed E-state index contributed by atoms with van der Waals surface area (Å²) >= 11 is 0. The lowest BCUT2D eigenvalue weighted by atomic mass is 10.2. The Morgan fingerprint density at radius 1 is 0.432 bits per heavy atom. The van der Waals surface area contributed by atoms with Gasteiger partial charge in [0.25, 0.3) is 0 Å². The molecule has 0 fully saturated rings. The van der Waals surface area contributed by atoms with Crippen LogP contribution in [0.3, 0.4) is 0 Å². The number of rotatable bonds is 6. The van der Waals surface area contributed by atoms with Crippen molar-refractivity contribution in [3.05, 3.63) is 135 Å². The fourth-order valence-corrected chi connectivity index (χ4v) is 9.91. The van der Waals surface area contributed by atoms with Crippen molar-refractivity contribution in [1.29, 1.82) is 0 Å². The summed E-state index contributed by atoms with van der Waals surface area (Å²) in [6.45, 7) is 0. The zero-order valence-corrected chi connectivity index (χ0v) is 20.9. The summed E-state index contributed by atoms with van der Waals surface area (Å²) in [7, 11) is -3.05. The van der Waals surface area contributed by atoms with E-state index >= 15 is 0 Å². The minimum Gasteiger partial charge on any atom is -0.265 e. The molecular formula is C30H22N6Si. The van der Waals surface area contributed by atoms with E-state index in [4.69, 9.17) is 9.97 Å². The van der Waals surface area contributed by atoms with Gasteiger partial charge in [-0.3, -0.25) is 9.97 Å². The summed E-state index contributed by atoms with van der Waals surface area (Å²) in [5.41, 5.74) is 3.72.